The molecule has 0 bridgehead atoms. The van der Waals surface area contributed by atoms with E-state index in [1.54, 1.807) is 6.07 Å². The van der Waals surface area contributed by atoms with Gasteiger partial charge in [0, 0.05) is 18.2 Å². The molecule has 1 atom stereocenters. The zero-order chi connectivity index (χ0) is 14.4. The molecule has 0 spiro atoms. The van der Waals surface area contributed by atoms with E-state index in [1.165, 1.54) is 0 Å². The molecule has 0 aromatic carbocycles. The van der Waals surface area contributed by atoms with Crippen LogP contribution < -0.4 is 16.1 Å². The van der Waals surface area contributed by atoms with Gasteiger partial charge in [0.2, 0.25) is 0 Å². The van der Waals surface area contributed by atoms with Gasteiger partial charge in [0.05, 0.1) is 14.8 Å². The normalized spacial score (nSPS) is 22.2. The van der Waals surface area contributed by atoms with Gasteiger partial charge in [-0.2, -0.15) is 4.98 Å². The molecule has 1 saturated heterocycles. The first kappa shape index (κ1) is 13.3. The van der Waals surface area contributed by atoms with E-state index in [1.807, 2.05) is 10.7 Å². The van der Waals surface area contributed by atoms with Crippen molar-refractivity contribution in [2.75, 3.05) is 13.1 Å². The van der Waals surface area contributed by atoms with Crippen LogP contribution in [0.4, 0.5) is 5.82 Å². The zero-order valence-electron chi connectivity index (χ0n) is 11.3. The van der Waals surface area contributed by atoms with E-state index in [-0.39, 0.29) is 9.48 Å². The number of nitrogens with zero attached hydrogens (tertiary/aromatic N) is 4. The first-order valence-corrected chi connectivity index (χ1v) is 8.31. The van der Waals surface area contributed by atoms with Gasteiger partial charge in [-0.05, 0) is 25.9 Å². The third-order valence-corrected chi connectivity index (χ3v) is 4.71. The van der Waals surface area contributed by atoms with Gasteiger partial charge in [-0.15, -0.1) is 5.10 Å². The number of fused-ring (bicyclic) bond motifs is 3. The number of halogens is 1. The summed E-state index contributed by atoms with van der Waals surface area (Å²) in [4.78, 5) is 20.5. The van der Waals surface area contributed by atoms with Crippen molar-refractivity contribution in [1.82, 2.24) is 19.9 Å². The van der Waals surface area contributed by atoms with Crippen molar-refractivity contribution in [3.05, 3.63) is 27.3 Å². The van der Waals surface area contributed by atoms with Crippen LogP contribution in [-0.4, -0.2) is 37.8 Å². The van der Waals surface area contributed by atoms with Crippen molar-refractivity contribution in [3.63, 3.8) is 0 Å². The third kappa shape index (κ3) is 2.28. The molecule has 21 heavy (non-hydrogen) atoms. The van der Waals surface area contributed by atoms with E-state index in [9.17, 15) is 4.79 Å². The van der Waals surface area contributed by atoms with E-state index in [0.29, 0.717) is 17.4 Å². The minimum Gasteiger partial charge on any atom is -0.317 e. The van der Waals surface area contributed by atoms with Crippen molar-refractivity contribution in [3.8, 4) is 0 Å². The van der Waals surface area contributed by atoms with Crippen molar-refractivity contribution < 1.29 is 0 Å². The number of nitrogens with one attached hydrogen (secondary N) is 1. The molecule has 0 amide bonds. The number of aromatic nitrogens is 3. The number of hydrogen-bond acceptors (Lipinski definition) is 5. The van der Waals surface area contributed by atoms with Crippen LogP contribution in [0.15, 0.2) is 15.9 Å². The lowest BCUT2D eigenvalue weighted by molar-refractivity contribution is 0.446. The first-order valence-electron chi connectivity index (χ1n) is 7.07. The minimum atomic E-state index is -0.188. The van der Waals surface area contributed by atoms with E-state index < -0.39 is 0 Å². The lowest BCUT2D eigenvalue weighted by atomic mass is 9.94. The van der Waals surface area contributed by atoms with Crippen LogP contribution in [-0.2, 0) is 0 Å². The summed E-state index contributed by atoms with van der Waals surface area (Å²) in [7, 11) is 0. The second-order valence-electron chi connectivity index (χ2n) is 5.41. The monoisotopic (exact) mass is 395 g/mol. The van der Waals surface area contributed by atoms with E-state index >= 15 is 0 Å². The highest BCUT2D eigenvalue weighted by Gasteiger charge is 2.22. The number of alkyl halides is 1. The molecule has 2 aliphatic rings. The largest absolute Gasteiger partial charge is 0.317 e. The van der Waals surface area contributed by atoms with Gasteiger partial charge in [0.15, 0.2) is 11.5 Å². The molecule has 7 heteroatoms. The molecule has 4 rings (SSSR count). The second kappa shape index (κ2) is 5.13. The Morgan fingerprint density at radius 1 is 1.33 bits per heavy atom. The molecular weight excluding hydrogens is 381 g/mol. The van der Waals surface area contributed by atoms with Gasteiger partial charge in [-0.25, -0.2) is 9.51 Å². The molecule has 6 nitrogen and oxygen atoms in total. The summed E-state index contributed by atoms with van der Waals surface area (Å²) in [6.45, 7) is 1.95. The van der Waals surface area contributed by atoms with Gasteiger partial charge >= 0.3 is 0 Å². The molecule has 2 aromatic rings. The summed E-state index contributed by atoms with van der Waals surface area (Å²) in [5.41, 5.74) is 1.42. The lowest BCUT2D eigenvalue weighted by Crippen LogP contribution is -2.29. The maximum Gasteiger partial charge on any atom is 0.273 e. The number of rotatable bonds is 1. The first-order chi connectivity index (χ1) is 10.2. The summed E-state index contributed by atoms with van der Waals surface area (Å²) >= 11 is 2.29. The summed E-state index contributed by atoms with van der Waals surface area (Å²) in [6, 6.07) is 1.63. The van der Waals surface area contributed by atoms with Crippen molar-refractivity contribution in [2.45, 2.75) is 22.7 Å². The van der Waals surface area contributed by atoms with Crippen LogP contribution in [0.2, 0.25) is 0 Å². The van der Waals surface area contributed by atoms with Crippen molar-refractivity contribution >= 4 is 46.3 Å². The van der Waals surface area contributed by atoms with Crippen LogP contribution in [0.25, 0.3) is 11.7 Å². The summed E-state index contributed by atoms with van der Waals surface area (Å²) in [5, 5.41) is 8.79. The zero-order valence-corrected chi connectivity index (χ0v) is 13.4. The van der Waals surface area contributed by atoms with Gasteiger partial charge in [0.25, 0.3) is 5.56 Å². The molecule has 1 unspecified atom stereocenters. The summed E-state index contributed by atoms with van der Waals surface area (Å²) < 4.78 is 2.03. The molecule has 1 fully saturated rings. The predicted octanol–water partition coefficient (Wildman–Crippen LogP) is 0.575. The Morgan fingerprint density at radius 3 is 2.95 bits per heavy atom. The average Bonchev–Trinajstić information content (AvgIpc) is 2.85. The smallest absolute Gasteiger partial charge is 0.273 e. The molecule has 108 valence electrons. The maximum absolute atomic E-state index is 12.0. The SMILES string of the molecule is O=c1cc(C2CCNCC2)n2nc3c(c2n1)=CC(I)C=N3. The van der Waals surface area contributed by atoms with Gasteiger partial charge in [-0.1, -0.05) is 28.7 Å². The van der Waals surface area contributed by atoms with Gasteiger partial charge in [0.1, 0.15) is 0 Å². The molecule has 0 radical (unpaired) electrons. The molecule has 2 aliphatic heterocycles. The highest BCUT2D eigenvalue weighted by molar-refractivity contribution is 14.1. The van der Waals surface area contributed by atoms with Crippen molar-refractivity contribution in [2.24, 2.45) is 4.99 Å². The molecule has 4 heterocycles. The second-order valence-corrected chi connectivity index (χ2v) is 6.84. The Bertz CT molecular complexity index is 837. The fourth-order valence-corrected chi connectivity index (χ4v) is 3.54. The summed E-state index contributed by atoms with van der Waals surface area (Å²) in [6.07, 6.45) is 5.96. The Balaban J connectivity index is 1.98. The van der Waals surface area contributed by atoms with Crippen LogP contribution >= 0.6 is 22.6 Å². The molecule has 2 aromatic heterocycles. The standard InChI is InChI=1S/C14H14IN5O/c15-9-5-10-13(17-7-9)19-20-11(6-12(21)18-14(10)20)8-1-3-16-4-2-8/h5-9,16H,1-4H2. The van der Waals surface area contributed by atoms with Gasteiger partial charge in [-0.3, -0.25) is 4.79 Å². The number of hydrogen-bond donors (Lipinski definition) is 1. The van der Waals surface area contributed by atoms with Crippen LogP contribution in [0.5, 0.6) is 0 Å². The van der Waals surface area contributed by atoms with Crippen LogP contribution in [0.3, 0.4) is 0 Å². The lowest BCUT2D eigenvalue weighted by Gasteiger charge is -2.22. The molecule has 0 saturated carbocycles. The highest BCUT2D eigenvalue weighted by atomic mass is 127. The number of aliphatic imine (C=N–C) groups is 1. The Labute approximate surface area is 134 Å². The fraction of sp³-hybridized carbons (Fsp3) is 0.429. The van der Waals surface area contributed by atoms with Gasteiger partial charge < -0.3 is 5.32 Å². The maximum atomic E-state index is 12.0. The predicted molar refractivity (Wildman–Crippen MR) is 89.7 cm³/mol. The Morgan fingerprint density at radius 2 is 2.14 bits per heavy atom. The topological polar surface area (TPSA) is 71.7 Å². The van der Waals surface area contributed by atoms with Crippen LogP contribution in [0, 0.1) is 0 Å². The quantitative estimate of drug-likeness (QED) is 0.567. The van der Waals surface area contributed by atoms with E-state index in [4.69, 9.17) is 0 Å². The van der Waals surface area contributed by atoms with Crippen LogP contribution in [0.1, 0.15) is 24.5 Å². The molecule has 0 aliphatic carbocycles. The van der Waals surface area contributed by atoms with E-state index in [0.717, 1.165) is 36.8 Å². The summed E-state index contributed by atoms with van der Waals surface area (Å²) in [5.74, 6) is 1.02. The fourth-order valence-electron chi connectivity index (χ4n) is 3.02. The highest BCUT2D eigenvalue weighted by Crippen LogP contribution is 2.24. The van der Waals surface area contributed by atoms with Crippen molar-refractivity contribution in [1.29, 1.82) is 0 Å². The molecular formula is C14H14IN5O. The van der Waals surface area contributed by atoms with E-state index in [2.05, 4.69) is 49.1 Å². The third-order valence-electron chi connectivity index (χ3n) is 4.03. The number of piperidine rings is 1. The minimum absolute atomic E-state index is 0.188. The average molecular weight is 395 g/mol. The molecule has 1 N–H and O–H groups in total. The Kier molecular flexibility index (Phi) is 3.26. The Hall–Kier alpha value is -1.35.